The van der Waals surface area contributed by atoms with Gasteiger partial charge in [-0.3, -0.25) is 0 Å². The lowest BCUT2D eigenvalue weighted by Gasteiger charge is -2.15. The summed E-state index contributed by atoms with van der Waals surface area (Å²) in [6.07, 6.45) is 2.84. The number of nitrogens with one attached hydrogen (secondary N) is 1. The van der Waals surface area contributed by atoms with Crippen molar-refractivity contribution in [2.24, 2.45) is 5.92 Å². The van der Waals surface area contributed by atoms with E-state index in [9.17, 15) is 0 Å². The van der Waals surface area contributed by atoms with E-state index in [4.69, 9.17) is 10.5 Å². The van der Waals surface area contributed by atoms with E-state index >= 15 is 0 Å². The summed E-state index contributed by atoms with van der Waals surface area (Å²) < 4.78 is 5.64. The third-order valence-corrected chi connectivity index (χ3v) is 2.71. The predicted molar refractivity (Wildman–Crippen MR) is 67.8 cm³/mol. The molecule has 1 aliphatic carbocycles. The van der Waals surface area contributed by atoms with Crippen molar-refractivity contribution in [1.29, 1.82) is 0 Å². The van der Waals surface area contributed by atoms with Gasteiger partial charge < -0.3 is 15.8 Å². The highest BCUT2D eigenvalue weighted by molar-refractivity contribution is 5.72. The number of benzene rings is 1. The highest BCUT2D eigenvalue weighted by Gasteiger charge is 2.21. The van der Waals surface area contributed by atoms with Crippen LogP contribution in [0, 0.1) is 5.92 Å². The number of nitrogen functional groups attached to an aromatic ring is 1. The Bertz CT molecular complexity index is 359. The Morgan fingerprint density at radius 2 is 2.19 bits per heavy atom. The Morgan fingerprint density at radius 1 is 1.44 bits per heavy atom. The molecule has 0 unspecified atom stereocenters. The third kappa shape index (κ3) is 2.81. The maximum atomic E-state index is 6.05. The van der Waals surface area contributed by atoms with Gasteiger partial charge in [-0.1, -0.05) is 6.07 Å². The van der Waals surface area contributed by atoms with E-state index in [-0.39, 0.29) is 6.10 Å². The van der Waals surface area contributed by atoms with E-state index < -0.39 is 0 Å². The number of rotatable bonds is 5. The Hall–Kier alpha value is -1.38. The molecule has 3 nitrogen and oxygen atoms in total. The minimum absolute atomic E-state index is 0.154. The molecule has 0 aromatic heterocycles. The van der Waals surface area contributed by atoms with Gasteiger partial charge in [-0.15, -0.1) is 0 Å². The van der Waals surface area contributed by atoms with Gasteiger partial charge in [0.1, 0.15) is 5.75 Å². The molecule has 0 saturated heterocycles. The van der Waals surface area contributed by atoms with Crippen molar-refractivity contribution in [1.82, 2.24) is 0 Å². The molecule has 0 bridgehead atoms. The Morgan fingerprint density at radius 3 is 2.81 bits per heavy atom. The number of hydrogen-bond donors (Lipinski definition) is 2. The Labute approximate surface area is 97.0 Å². The van der Waals surface area contributed by atoms with E-state index in [1.165, 1.54) is 12.8 Å². The molecule has 88 valence electrons. The minimum atomic E-state index is 0.154. The standard InChI is InChI=1S/C13H20N2O/c1-9(2)16-12-5-3-4-11(13(12)14)15-8-10-6-7-10/h3-5,9-10,15H,6-8,14H2,1-2H3. The van der Waals surface area contributed by atoms with Crippen LogP contribution in [0.4, 0.5) is 11.4 Å². The first-order chi connectivity index (χ1) is 7.66. The van der Waals surface area contributed by atoms with Crippen LogP contribution in [0.15, 0.2) is 18.2 Å². The van der Waals surface area contributed by atoms with Crippen LogP contribution in [0.1, 0.15) is 26.7 Å². The smallest absolute Gasteiger partial charge is 0.144 e. The van der Waals surface area contributed by atoms with Crippen molar-refractivity contribution in [2.75, 3.05) is 17.6 Å². The molecule has 3 heteroatoms. The summed E-state index contributed by atoms with van der Waals surface area (Å²) in [5.74, 6) is 1.62. The van der Waals surface area contributed by atoms with E-state index in [0.29, 0.717) is 0 Å². The average molecular weight is 220 g/mol. The van der Waals surface area contributed by atoms with Crippen LogP contribution in [0.2, 0.25) is 0 Å². The molecule has 3 N–H and O–H groups in total. The van der Waals surface area contributed by atoms with Gasteiger partial charge in [-0.05, 0) is 44.7 Å². The summed E-state index contributed by atoms with van der Waals surface area (Å²) >= 11 is 0. The zero-order valence-corrected chi connectivity index (χ0v) is 9.99. The first kappa shape index (κ1) is 11.1. The predicted octanol–water partition coefficient (Wildman–Crippen LogP) is 2.88. The Kier molecular flexibility index (Phi) is 3.22. The molecule has 16 heavy (non-hydrogen) atoms. The summed E-state index contributed by atoms with van der Waals surface area (Å²) in [4.78, 5) is 0. The van der Waals surface area contributed by atoms with E-state index in [1.807, 2.05) is 32.0 Å². The fraction of sp³-hybridized carbons (Fsp3) is 0.538. The van der Waals surface area contributed by atoms with Gasteiger partial charge in [0.25, 0.3) is 0 Å². The molecule has 0 radical (unpaired) electrons. The fourth-order valence-electron chi connectivity index (χ4n) is 1.63. The van der Waals surface area contributed by atoms with Crippen LogP contribution < -0.4 is 15.8 Å². The summed E-state index contributed by atoms with van der Waals surface area (Å²) in [5.41, 5.74) is 7.76. The van der Waals surface area contributed by atoms with Crippen molar-refractivity contribution in [2.45, 2.75) is 32.8 Å². The van der Waals surface area contributed by atoms with E-state index in [2.05, 4.69) is 5.32 Å². The molecule has 0 amide bonds. The largest absolute Gasteiger partial charge is 0.489 e. The summed E-state index contributed by atoms with van der Waals surface area (Å²) in [6, 6.07) is 5.89. The zero-order valence-electron chi connectivity index (χ0n) is 9.99. The number of nitrogens with two attached hydrogens (primary N) is 1. The quantitative estimate of drug-likeness (QED) is 0.750. The second-order valence-electron chi connectivity index (χ2n) is 4.71. The Balaban J connectivity index is 2.05. The molecule has 2 rings (SSSR count). The van der Waals surface area contributed by atoms with Crippen LogP contribution >= 0.6 is 0 Å². The monoisotopic (exact) mass is 220 g/mol. The average Bonchev–Trinajstić information content (AvgIpc) is 3.02. The number of anilines is 2. The van der Waals surface area contributed by atoms with Crippen molar-refractivity contribution >= 4 is 11.4 Å². The first-order valence-electron chi connectivity index (χ1n) is 5.96. The zero-order chi connectivity index (χ0) is 11.5. The van der Waals surface area contributed by atoms with Crippen LogP contribution in [-0.2, 0) is 0 Å². The van der Waals surface area contributed by atoms with Gasteiger partial charge in [-0.2, -0.15) is 0 Å². The van der Waals surface area contributed by atoms with Crippen LogP contribution in [0.3, 0.4) is 0 Å². The van der Waals surface area contributed by atoms with E-state index in [1.54, 1.807) is 0 Å². The third-order valence-electron chi connectivity index (χ3n) is 2.71. The maximum absolute atomic E-state index is 6.05. The fourth-order valence-corrected chi connectivity index (χ4v) is 1.63. The van der Waals surface area contributed by atoms with Gasteiger partial charge in [0.2, 0.25) is 0 Å². The van der Waals surface area contributed by atoms with Gasteiger partial charge >= 0.3 is 0 Å². The molecule has 0 aliphatic heterocycles. The summed E-state index contributed by atoms with van der Waals surface area (Å²) in [6.45, 7) is 5.03. The van der Waals surface area contributed by atoms with Gasteiger partial charge in [-0.25, -0.2) is 0 Å². The summed E-state index contributed by atoms with van der Waals surface area (Å²) in [5, 5.41) is 3.38. The highest BCUT2D eigenvalue weighted by Crippen LogP contribution is 2.33. The molecular weight excluding hydrogens is 200 g/mol. The maximum Gasteiger partial charge on any atom is 0.144 e. The topological polar surface area (TPSA) is 47.3 Å². The molecule has 0 heterocycles. The van der Waals surface area contributed by atoms with Gasteiger partial charge in [0, 0.05) is 6.54 Å². The molecule has 0 atom stereocenters. The van der Waals surface area contributed by atoms with Crippen molar-refractivity contribution < 1.29 is 4.74 Å². The van der Waals surface area contributed by atoms with Crippen LogP contribution in [0.5, 0.6) is 5.75 Å². The molecule has 1 saturated carbocycles. The lowest BCUT2D eigenvalue weighted by molar-refractivity contribution is 0.244. The first-order valence-corrected chi connectivity index (χ1v) is 5.96. The van der Waals surface area contributed by atoms with Gasteiger partial charge in [0.15, 0.2) is 0 Å². The van der Waals surface area contributed by atoms with E-state index in [0.717, 1.165) is 29.6 Å². The molecular formula is C13H20N2O. The minimum Gasteiger partial charge on any atom is -0.489 e. The second-order valence-corrected chi connectivity index (χ2v) is 4.71. The number of hydrogen-bond acceptors (Lipinski definition) is 3. The molecule has 0 spiro atoms. The second kappa shape index (κ2) is 4.64. The number of ether oxygens (including phenoxy) is 1. The highest BCUT2D eigenvalue weighted by atomic mass is 16.5. The molecule has 1 aromatic rings. The summed E-state index contributed by atoms with van der Waals surface area (Å²) in [7, 11) is 0. The van der Waals surface area contributed by atoms with Crippen molar-refractivity contribution in [3.63, 3.8) is 0 Å². The van der Waals surface area contributed by atoms with Crippen LogP contribution in [0.25, 0.3) is 0 Å². The van der Waals surface area contributed by atoms with Gasteiger partial charge in [0.05, 0.1) is 17.5 Å². The normalized spacial score (nSPS) is 15.2. The van der Waals surface area contributed by atoms with Crippen LogP contribution in [-0.4, -0.2) is 12.6 Å². The van der Waals surface area contributed by atoms with Crippen molar-refractivity contribution in [3.8, 4) is 5.75 Å². The molecule has 1 aromatic carbocycles. The number of para-hydroxylation sites is 1. The molecule has 1 aliphatic rings. The lowest BCUT2D eigenvalue weighted by Crippen LogP contribution is -2.10. The SMILES string of the molecule is CC(C)Oc1cccc(NCC2CC2)c1N. The lowest BCUT2D eigenvalue weighted by atomic mass is 10.2. The molecule has 1 fully saturated rings. The van der Waals surface area contributed by atoms with Crippen molar-refractivity contribution in [3.05, 3.63) is 18.2 Å².